The molecule has 2 aliphatic rings. The van der Waals surface area contributed by atoms with Gasteiger partial charge in [-0.05, 0) is 31.9 Å². The lowest BCUT2D eigenvalue weighted by atomic mass is 10.1. The summed E-state index contributed by atoms with van der Waals surface area (Å²) in [6.45, 7) is 0.937. The third-order valence-electron chi connectivity index (χ3n) is 3.91. The standard InChI is InChI=1S/C11H22N2O3S2/c1-17-11(5-6-11)9-12-18(15,16)13-7-3-2-4-10(13)8-14/h10,12,14H,2-9H2,1H3. The predicted octanol–water partition coefficient (Wildman–Crippen LogP) is 0.563. The molecule has 1 aliphatic carbocycles. The highest BCUT2D eigenvalue weighted by atomic mass is 32.2. The molecular weight excluding hydrogens is 272 g/mol. The Bertz CT molecular complexity index is 382. The van der Waals surface area contributed by atoms with Gasteiger partial charge in [-0.3, -0.25) is 0 Å². The molecule has 7 heteroatoms. The van der Waals surface area contributed by atoms with Gasteiger partial charge in [-0.1, -0.05) is 6.42 Å². The summed E-state index contributed by atoms with van der Waals surface area (Å²) in [5.74, 6) is 0. The summed E-state index contributed by atoms with van der Waals surface area (Å²) in [4.78, 5) is 0. The van der Waals surface area contributed by atoms with Gasteiger partial charge in [0.2, 0.25) is 0 Å². The SMILES string of the molecule is CSC1(CNS(=O)(=O)N2CCCCC2CO)CC1. The molecule has 0 bridgehead atoms. The lowest BCUT2D eigenvalue weighted by Crippen LogP contribution is -2.51. The lowest BCUT2D eigenvalue weighted by molar-refractivity contribution is 0.154. The number of nitrogens with zero attached hydrogens (tertiary/aromatic N) is 1. The van der Waals surface area contributed by atoms with Gasteiger partial charge in [0.1, 0.15) is 0 Å². The first-order valence-corrected chi connectivity index (χ1v) is 9.12. The van der Waals surface area contributed by atoms with Gasteiger partial charge in [-0.25, -0.2) is 4.72 Å². The van der Waals surface area contributed by atoms with Crippen LogP contribution in [0, 0.1) is 0 Å². The van der Waals surface area contributed by atoms with E-state index >= 15 is 0 Å². The van der Waals surface area contributed by atoms with E-state index in [1.807, 2.05) is 6.26 Å². The Hall–Kier alpha value is 0.180. The van der Waals surface area contributed by atoms with Gasteiger partial charge in [-0.15, -0.1) is 0 Å². The zero-order chi connectivity index (χ0) is 13.2. The summed E-state index contributed by atoms with van der Waals surface area (Å²) < 4.78 is 28.8. The van der Waals surface area contributed by atoms with Crippen LogP contribution in [0.4, 0.5) is 0 Å². The van der Waals surface area contributed by atoms with Crippen molar-refractivity contribution >= 4 is 22.0 Å². The van der Waals surface area contributed by atoms with Gasteiger partial charge in [0, 0.05) is 23.9 Å². The summed E-state index contributed by atoms with van der Waals surface area (Å²) in [5, 5.41) is 9.27. The Morgan fingerprint density at radius 1 is 1.44 bits per heavy atom. The molecule has 0 aromatic carbocycles. The topological polar surface area (TPSA) is 69.6 Å². The Kier molecular flexibility index (Phi) is 4.59. The van der Waals surface area contributed by atoms with E-state index in [4.69, 9.17) is 0 Å². The number of rotatable bonds is 6. The maximum atomic E-state index is 12.2. The molecule has 0 amide bonds. The second kappa shape index (κ2) is 5.66. The zero-order valence-electron chi connectivity index (χ0n) is 10.8. The van der Waals surface area contributed by atoms with Crippen LogP contribution in [-0.2, 0) is 10.2 Å². The number of hydrogen-bond acceptors (Lipinski definition) is 4. The maximum absolute atomic E-state index is 12.2. The van der Waals surface area contributed by atoms with E-state index in [0.717, 1.165) is 32.1 Å². The molecule has 1 heterocycles. The second-order valence-corrected chi connectivity index (χ2v) is 8.14. The van der Waals surface area contributed by atoms with Gasteiger partial charge in [0.15, 0.2) is 0 Å². The molecule has 0 aromatic rings. The van der Waals surface area contributed by atoms with E-state index in [-0.39, 0.29) is 17.4 Å². The number of piperidine rings is 1. The number of hydrogen-bond donors (Lipinski definition) is 2. The van der Waals surface area contributed by atoms with Crippen LogP contribution in [0.1, 0.15) is 32.1 Å². The van der Waals surface area contributed by atoms with Crippen LogP contribution in [0.3, 0.4) is 0 Å². The Balaban J connectivity index is 1.96. The smallest absolute Gasteiger partial charge is 0.279 e. The van der Waals surface area contributed by atoms with E-state index in [1.165, 1.54) is 4.31 Å². The molecule has 0 radical (unpaired) electrons. The van der Waals surface area contributed by atoms with Crippen molar-refractivity contribution in [2.45, 2.75) is 42.9 Å². The first-order chi connectivity index (χ1) is 8.53. The van der Waals surface area contributed by atoms with E-state index in [2.05, 4.69) is 4.72 Å². The van der Waals surface area contributed by atoms with Gasteiger partial charge in [0.25, 0.3) is 10.2 Å². The average Bonchev–Trinajstić information content (AvgIpc) is 3.17. The molecule has 1 atom stereocenters. The zero-order valence-corrected chi connectivity index (χ0v) is 12.4. The molecular formula is C11H22N2O3S2. The molecule has 0 spiro atoms. The van der Waals surface area contributed by atoms with Crippen molar-refractivity contribution in [1.29, 1.82) is 0 Å². The molecule has 1 saturated heterocycles. The van der Waals surface area contributed by atoms with E-state index in [1.54, 1.807) is 11.8 Å². The van der Waals surface area contributed by atoms with E-state index in [9.17, 15) is 13.5 Å². The second-order valence-electron chi connectivity index (χ2n) is 5.16. The Labute approximate surface area is 114 Å². The molecule has 2 rings (SSSR count). The molecule has 1 saturated carbocycles. The molecule has 18 heavy (non-hydrogen) atoms. The number of thioether (sulfide) groups is 1. The Morgan fingerprint density at radius 3 is 2.72 bits per heavy atom. The summed E-state index contributed by atoms with van der Waals surface area (Å²) in [6, 6.07) is -0.249. The normalized spacial score (nSPS) is 28.2. The summed E-state index contributed by atoms with van der Waals surface area (Å²) in [6.07, 6.45) is 6.82. The van der Waals surface area contributed by atoms with Crippen molar-refractivity contribution in [2.75, 3.05) is 26.0 Å². The number of nitrogens with one attached hydrogen (secondary N) is 1. The van der Waals surface area contributed by atoms with Crippen molar-refractivity contribution in [2.24, 2.45) is 0 Å². The minimum absolute atomic E-state index is 0.0887. The third-order valence-corrected chi connectivity index (χ3v) is 6.94. The van der Waals surface area contributed by atoms with Crippen LogP contribution in [-0.4, -0.2) is 54.6 Å². The number of aliphatic hydroxyl groups excluding tert-OH is 1. The number of aliphatic hydroxyl groups is 1. The third kappa shape index (κ3) is 3.19. The predicted molar refractivity (Wildman–Crippen MR) is 73.8 cm³/mol. The first-order valence-electron chi connectivity index (χ1n) is 6.45. The molecule has 1 unspecified atom stereocenters. The summed E-state index contributed by atoms with van der Waals surface area (Å²) in [7, 11) is -3.44. The largest absolute Gasteiger partial charge is 0.395 e. The lowest BCUT2D eigenvalue weighted by Gasteiger charge is -2.33. The maximum Gasteiger partial charge on any atom is 0.279 e. The van der Waals surface area contributed by atoms with Crippen molar-refractivity contribution in [1.82, 2.24) is 9.03 Å². The van der Waals surface area contributed by atoms with Crippen LogP contribution in [0.2, 0.25) is 0 Å². The van der Waals surface area contributed by atoms with Gasteiger partial charge in [-0.2, -0.15) is 24.5 Å². The van der Waals surface area contributed by atoms with Gasteiger partial charge < -0.3 is 5.11 Å². The van der Waals surface area contributed by atoms with Gasteiger partial charge in [0.05, 0.1) is 6.61 Å². The first kappa shape index (κ1) is 14.6. The van der Waals surface area contributed by atoms with Crippen LogP contribution < -0.4 is 4.72 Å². The average molecular weight is 294 g/mol. The fraction of sp³-hybridized carbons (Fsp3) is 1.00. The molecule has 0 aromatic heterocycles. The van der Waals surface area contributed by atoms with Gasteiger partial charge >= 0.3 is 0 Å². The molecule has 106 valence electrons. The molecule has 2 N–H and O–H groups in total. The van der Waals surface area contributed by atoms with Crippen molar-refractivity contribution < 1.29 is 13.5 Å². The Morgan fingerprint density at radius 2 is 2.17 bits per heavy atom. The summed E-state index contributed by atoms with van der Waals surface area (Å²) in [5.41, 5.74) is 0. The highest BCUT2D eigenvalue weighted by molar-refractivity contribution is 8.00. The molecule has 5 nitrogen and oxygen atoms in total. The fourth-order valence-electron chi connectivity index (χ4n) is 2.37. The van der Waals surface area contributed by atoms with E-state index in [0.29, 0.717) is 13.1 Å². The van der Waals surface area contributed by atoms with Crippen molar-refractivity contribution in [3.8, 4) is 0 Å². The summed E-state index contributed by atoms with van der Waals surface area (Å²) >= 11 is 1.74. The minimum atomic E-state index is -3.44. The van der Waals surface area contributed by atoms with Crippen LogP contribution in [0.5, 0.6) is 0 Å². The molecule has 1 aliphatic heterocycles. The van der Waals surface area contributed by atoms with Crippen LogP contribution >= 0.6 is 11.8 Å². The monoisotopic (exact) mass is 294 g/mol. The van der Waals surface area contributed by atoms with E-state index < -0.39 is 10.2 Å². The van der Waals surface area contributed by atoms with Crippen LogP contribution in [0.25, 0.3) is 0 Å². The quantitative estimate of drug-likeness (QED) is 0.751. The fourth-order valence-corrected chi connectivity index (χ4v) is 4.75. The highest BCUT2D eigenvalue weighted by Crippen LogP contribution is 2.46. The van der Waals surface area contributed by atoms with Crippen molar-refractivity contribution in [3.05, 3.63) is 0 Å². The highest BCUT2D eigenvalue weighted by Gasteiger charge is 2.43. The van der Waals surface area contributed by atoms with Crippen molar-refractivity contribution in [3.63, 3.8) is 0 Å². The minimum Gasteiger partial charge on any atom is -0.395 e. The molecule has 2 fully saturated rings. The van der Waals surface area contributed by atoms with Crippen LogP contribution in [0.15, 0.2) is 0 Å².